The molecule has 2 heterocycles. The number of pyridine rings is 1. The Hall–Kier alpha value is -2.97. The van der Waals surface area contributed by atoms with Crippen molar-refractivity contribution in [1.82, 2.24) is 9.29 Å². The van der Waals surface area contributed by atoms with Crippen LogP contribution in [0.3, 0.4) is 0 Å². The SMILES string of the molecule is CN(C(=O)C=Cc1ccc(OCc2ccccn2)cc1)S(=O)(=O)c1cccs1. The second-order valence-electron chi connectivity index (χ2n) is 5.75. The highest BCUT2D eigenvalue weighted by Crippen LogP contribution is 2.20. The van der Waals surface area contributed by atoms with E-state index in [0.29, 0.717) is 12.4 Å². The molecule has 1 amide bonds. The van der Waals surface area contributed by atoms with E-state index < -0.39 is 15.9 Å². The fraction of sp³-hybridized carbons (Fsp3) is 0.100. The summed E-state index contributed by atoms with van der Waals surface area (Å²) in [5, 5.41) is 1.65. The van der Waals surface area contributed by atoms with Gasteiger partial charge in [0.2, 0.25) is 0 Å². The molecule has 3 aromatic rings. The quantitative estimate of drug-likeness (QED) is 0.552. The first-order valence-electron chi connectivity index (χ1n) is 8.34. The molecule has 0 atom stereocenters. The summed E-state index contributed by atoms with van der Waals surface area (Å²) >= 11 is 1.07. The Morgan fingerprint density at radius 3 is 2.57 bits per heavy atom. The molecular formula is C20H18N2O4S2. The zero-order chi connectivity index (χ0) is 20.0. The smallest absolute Gasteiger partial charge is 0.275 e. The Kier molecular flexibility index (Phi) is 6.23. The van der Waals surface area contributed by atoms with Gasteiger partial charge in [-0.1, -0.05) is 24.3 Å². The van der Waals surface area contributed by atoms with E-state index in [1.807, 2.05) is 18.2 Å². The first-order valence-corrected chi connectivity index (χ1v) is 10.7. The zero-order valence-corrected chi connectivity index (χ0v) is 16.7. The van der Waals surface area contributed by atoms with Gasteiger partial charge < -0.3 is 4.74 Å². The van der Waals surface area contributed by atoms with E-state index in [-0.39, 0.29) is 4.21 Å². The lowest BCUT2D eigenvalue weighted by atomic mass is 10.2. The standard InChI is InChI=1S/C20H18N2O4S2/c1-22(28(24,25)20-6-4-14-27-20)19(23)12-9-16-7-10-18(11-8-16)26-15-17-5-2-3-13-21-17/h2-14H,15H2,1H3. The van der Waals surface area contributed by atoms with Crippen LogP contribution in [-0.4, -0.2) is 30.7 Å². The van der Waals surface area contributed by atoms with Gasteiger partial charge in [-0.05, 0) is 47.4 Å². The molecule has 0 N–H and O–H groups in total. The largest absolute Gasteiger partial charge is 0.487 e. The zero-order valence-electron chi connectivity index (χ0n) is 15.1. The Balaban J connectivity index is 1.60. The molecule has 28 heavy (non-hydrogen) atoms. The van der Waals surface area contributed by atoms with Crippen molar-refractivity contribution in [2.24, 2.45) is 0 Å². The summed E-state index contributed by atoms with van der Waals surface area (Å²) in [6, 6.07) is 15.8. The Morgan fingerprint density at radius 1 is 1.14 bits per heavy atom. The molecule has 0 fully saturated rings. The lowest BCUT2D eigenvalue weighted by Crippen LogP contribution is -2.31. The number of hydrogen-bond donors (Lipinski definition) is 0. The maximum atomic E-state index is 12.3. The first kappa shape index (κ1) is 19.8. The van der Waals surface area contributed by atoms with E-state index in [9.17, 15) is 13.2 Å². The number of hydrogen-bond acceptors (Lipinski definition) is 6. The van der Waals surface area contributed by atoms with Crippen molar-refractivity contribution in [1.29, 1.82) is 0 Å². The Bertz CT molecular complexity index is 1050. The van der Waals surface area contributed by atoms with Crippen molar-refractivity contribution in [3.05, 3.63) is 83.5 Å². The van der Waals surface area contributed by atoms with Gasteiger partial charge in [0.25, 0.3) is 15.9 Å². The molecule has 0 aliphatic carbocycles. The number of thiophene rings is 1. The van der Waals surface area contributed by atoms with Crippen LogP contribution >= 0.6 is 11.3 Å². The number of amides is 1. The van der Waals surface area contributed by atoms with Crippen LogP contribution in [-0.2, 0) is 21.4 Å². The van der Waals surface area contributed by atoms with Gasteiger partial charge in [-0.15, -0.1) is 11.3 Å². The second-order valence-corrected chi connectivity index (χ2v) is 8.90. The summed E-state index contributed by atoms with van der Waals surface area (Å²) in [6.45, 7) is 0.361. The van der Waals surface area contributed by atoms with Crippen molar-refractivity contribution in [2.75, 3.05) is 7.05 Å². The number of rotatable bonds is 7. The highest BCUT2D eigenvalue weighted by Gasteiger charge is 2.24. The number of aromatic nitrogens is 1. The van der Waals surface area contributed by atoms with Gasteiger partial charge in [0.15, 0.2) is 0 Å². The highest BCUT2D eigenvalue weighted by molar-refractivity contribution is 7.91. The third kappa shape index (κ3) is 4.85. The molecule has 0 bridgehead atoms. The Morgan fingerprint density at radius 2 is 1.93 bits per heavy atom. The van der Waals surface area contributed by atoms with Crippen LogP contribution in [0.1, 0.15) is 11.3 Å². The van der Waals surface area contributed by atoms with E-state index >= 15 is 0 Å². The number of sulfonamides is 1. The monoisotopic (exact) mass is 414 g/mol. The van der Waals surface area contributed by atoms with Crippen LogP contribution in [0.25, 0.3) is 6.08 Å². The van der Waals surface area contributed by atoms with Crippen molar-refractivity contribution in [2.45, 2.75) is 10.8 Å². The normalized spacial score (nSPS) is 11.5. The van der Waals surface area contributed by atoms with E-state index in [2.05, 4.69) is 4.98 Å². The lowest BCUT2D eigenvalue weighted by molar-refractivity contribution is -0.120. The molecule has 0 aliphatic rings. The fourth-order valence-electron chi connectivity index (χ4n) is 2.25. The van der Waals surface area contributed by atoms with Crippen LogP contribution < -0.4 is 4.74 Å². The number of carbonyl (C=O) groups excluding carboxylic acids is 1. The topological polar surface area (TPSA) is 76.6 Å². The minimum Gasteiger partial charge on any atom is -0.487 e. The third-order valence-electron chi connectivity index (χ3n) is 3.83. The van der Waals surface area contributed by atoms with Crippen LogP contribution in [0.15, 0.2) is 76.5 Å². The molecule has 144 valence electrons. The van der Waals surface area contributed by atoms with Gasteiger partial charge in [-0.25, -0.2) is 12.7 Å². The lowest BCUT2D eigenvalue weighted by Gasteiger charge is -2.14. The molecule has 0 unspecified atom stereocenters. The maximum absolute atomic E-state index is 12.3. The first-order chi connectivity index (χ1) is 13.5. The number of carbonyl (C=O) groups is 1. The maximum Gasteiger partial charge on any atom is 0.275 e. The summed E-state index contributed by atoms with van der Waals surface area (Å²) in [6.07, 6.45) is 4.50. The van der Waals surface area contributed by atoms with Gasteiger partial charge in [0, 0.05) is 19.3 Å². The predicted octanol–water partition coefficient (Wildman–Crippen LogP) is 3.58. The van der Waals surface area contributed by atoms with Gasteiger partial charge >= 0.3 is 0 Å². The molecule has 2 aromatic heterocycles. The van der Waals surface area contributed by atoms with E-state index in [1.54, 1.807) is 48.0 Å². The summed E-state index contributed by atoms with van der Waals surface area (Å²) in [5.41, 5.74) is 1.58. The second kappa shape index (κ2) is 8.81. The fourth-order valence-corrected chi connectivity index (χ4v) is 4.51. The average Bonchev–Trinajstić information content (AvgIpc) is 3.27. The van der Waals surface area contributed by atoms with Crippen molar-refractivity contribution in [3.8, 4) is 5.75 Å². The molecule has 0 saturated carbocycles. The molecule has 0 spiro atoms. The molecule has 3 rings (SSSR count). The predicted molar refractivity (Wildman–Crippen MR) is 108 cm³/mol. The van der Waals surface area contributed by atoms with Crippen LogP contribution in [0.5, 0.6) is 5.75 Å². The van der Waals surface area contributed by atoms with Crippen molar-refractivity contribution in [3.63, 3.8) is 0 Å². The third-order valence-corrected chi connectivity index (χ3v) is 6.96. The summed E-state index contributed by atoms with van der Waals surface area (Å²) in [4.78, 5) is 16.4. The minimum atomic E-state index is -3.81. The molecule has 1 aromatic carbocycles. The van der Waals surface area contributed by atoms with Gasteiger partial charge in [0.05, 0.1) is 5.69 Å². The number of likely N-dealkylation sites (N-methyl/N-ethyl adjacent to an activating group) is 1. The molecule has 0 aliphatic heterocycles. The van der Waals surface area contributed by atoms with E-state index in [4.69, 9.17) is 4.74 Å². The number of benzene rings is 1. The Labute approximate surface area is 167 Å². The molecular weight excluding hydrogens is 396 g/mol. The van der Waals surface area contributed by atoms with Crippen molar-refractivity contribution >= 4 is 33.3 Å². The summed E-state index contributed by atoms with van der Waals surface area (Å²) < 4.78 is 31.2. The van der Waals surface area contributed by atoms with Crippen LogP contribution in [0.4, 0.5) is 0 Å². The highest BCUT2D eigenvalue weighted by atomic mass is 32.2. The summed E-state index contributed by atoms with van der Waals surface area (Å²) in [7, 11) is -2.57. The van der Waals surface area contributed by atoms with Gasteiger partial charge in [0.1, 0.15) is 16.6 Å². The van der Waals surface area contributed by atoms with E-state index in [1.165, 1.54) is 19.2 Å². The van der Waals surface area contributed by atoms with E-state index in [0.717, 1.165) is 26.9 Å². The minimum absolute atomic E-state index is 0.131. The molecule has 8 heteroatoms. The average molecular weight is 415 g/mol. The van der Waals surface area contributed by atoms with Gasteiger partial charge in [-0.3, -0.25) is 9.78 Å². The van der Waals surface area contributed by atoms with Crippen LogP contribution in [0.2, 0.25) is 0 Å². The summed E-state index contributed by atoms with van der Waals surface area (Å²) in [5.74, 6) is 0.0513. The molecule has 0 radical (unpaired) electrons. The number of nitrogens with zero attached hydrogens (tertiary/aromatic N) is 2. The molecule has 6 nitrogen and oxygen atoms in total. The van der Waals surface area contributed by atoms with Crippen molar-refractivity contribution < 1.29 is 17.9 Å². The van der Waals surface area contributed by atoms with Gasteiger partial charge in [-0.2, -0.15) is 0 Å². The number of ether oxygens (including phenoxy) is 1. The molecule has 0 saturated heterocycles. The van der Waals surface area contributed by atoms with Crippen LogP contribution in [0, 0.1) is 0 Å².